The Morgan fingerprint density at radius 1 is 1.12 bits per heavy atom. The molecule has 0 bridgehead atoms. The van der Waals surface area contributed by atoms with Crippen LogP contribution in [0.3, 0.4) is 0 Å². The van der Waals surface area contributed by atoms with Crippen LogP contribution < -0.4 is 10.1 Å². The average molecular weight is 327 g/mol. The van der Waals surface area contributed by atoms with Crippen LogP contribution in [0, 0.1) is 6.92 Å². The van der Waals surface area contributed by atoms with E-state index in [0.717, 1.165) is 12.0 Å². The van der Waals surface area contributed by atoms with Crippen molar-refractivity contribution in [3.8, 4) is 5.75 Å². The van der Waals surface area contributed by atoms with Gasteiger partial charge >= 0.3 is 5.97 Å². The Kier molecular flexibility index (Phi) is 5.95. The minimum Gasteiger partial charge on any atom is -0.493 e. The summed E-state index contributed by atoms with van der Waals surface area (Å²) in [5.41, 5.74) is 2.43. The number of benzene rings is 2. The second-order valence-corrected chi connectivity index (χ2v) is 5.50. The zero-order valence-electron chi connectivity index (χ0n) is 13.8. The molecule has 0 atom stereocenters. The van der Waals surface area contributed by atoms with Gasteiger partial charge in [0.1, 0.15) is 5.75 Å². The maximum atomic E-state index is 12.0. The van der Waals surface area contributed by atoms with Crippen LogP contribution in [0.4, 0.5) is 5.69 Å². The number of carboxylic acids is 1. The zero-order valence-corrected chi connectivity index (χ0v) is 13.8. The Bertz CT molecular complexity index is 723. The third kappa shape index (κ3) is 4.84. The van der Waals surface area contributed by atoms with Crippen molar-refractivity contribution in [3.63, 3.8) is 0 Å². The van der Waals surface area contributed by atoms with E-state index in [0.29, 0.717) is 11.4 Å². The van der Waals surface area contributed by atoms with E-state index < -0.39 is 5.97 Å². The summed E-state index contributed by atoms with van der Waals surface area (Å²) in [4.78, 5) is 23.2. The number of anilines is 1. The van der Waals surface area contributed by atoms with E-state index in [9.17, 15) is 14.7 Å². The molecule has 1 amide bonds. The average Bonchev–Trinajstić information content (AvgIpc) is 2.57. The molecule has 0 unspecified atom stereocenters. The van der Waals surface area contributed by atoms with Gasteiger partial charge in [0, 0.05) is 0 Å². The van der Waals surface area contributed by atoms with E-state index in [2.05, 4.69) is 12.2 Å². The van der Waals surface area contributed by atoms with E-state index in [1.165, 1.54) is 11.6 Å². The molecule has 0 saturated heterocycles. The number of nitrogens with one attached hydrogen (secondary N) is 1. The quantitative estimate of drug-likeness (QED) is 0.813. The zero-order chi connectivity index (χ0) is 17.5. The molecule has 24 heavy (non-hydrogen) atoms. The predicted molar refractivity (Wildman–Crippen MR) is 92.7 cm³/mol. The van der Waals surface area contributed by atoms with E-state index in [1.54, 1.807) is 19.1 Å². The molecule has 2 N–H and O–H groups in total. The SMILES string of the molecule is CCc1ccc(OCCC(=O)Nc2ccc(C)cc2C(=O)O)cc1. The van der Waals surface area contributed by atoms with Gasteiger partial charge in [-0.2, -0.15) is 0 Å². The first-order chi connectivity index (χ1) is 11.5. The van der Waals surface area contributed by atoms with Crippen LogP contribution in [0.1, 0.15) is 34.8 Å². The highest BCUT2D eigenvalue weighted by Gasteiger charge is 2.12. The van der Waals surface area contributed by atoms with E-state index in [1.807, 2.05) is 24.3 Å². The summed E-state index contributed by atoms with van der Waals surface area (Å²) in [7, 11) is 0. The van der Waals surface area contributed by atoms with E-state index in [-0.39, 0.29) is 24.5 Å². The Morgan fingerprint density at radius 2 is 1.83 bits per heavy atom. The molecule has 0 fully saturated rings. The summed E-state index contributed by atoms with van der Waals surface area (Å²) in [5, 5.41) is 11.8. The molecule has 0 saturated carbocycles. The molecule has 0 heterocycles. The second kappa shape index (κ2) is 8.15. The first-order valence-corrected chi connectivity index (χ1v) is 7.85. The van der Waals surface area contributed by atoms with Crippen LogP contribution in [0.2, 0.25) is 0 Å². The molecule has 5 nitrogen and oxygen atoms in total. The van der Waals surface area contributed by atoms with Gasteiger partial charge in [-0.15, -0.1) is 0 Å². The van der Waals surface area contributed by atoms with Crippen molar-refractivity contribution < 1.29 is 19.4 Å². The van der Waals surface area contributed by atoms with Gasteiger partial charge in [-0.1, -0.05) is 30.7 Å². The summed E-state index contributed by atoms with van der Waals surface area (Å²) in [6.45, 7) is 4.11. The lowest BCUT2D eigenvalue weighted by atomic mass is 10.1. The molecule has 0 aliphatic heterocycles. The van der Waals surface area contributed by atoms with Crippen molar-refractivity contribution in [1.82, 2.24) is 0 Å². The first kappa shape index (κ1) is 17.5. The monoisotopic (exact) mass is 327 g/mol. The maximum absolute atomic E-state index is 12.0. The topological polar surface area (TPSA) is 75.6 Å². The van der Waals surface area contributed by atoms with Gasteiger partial charge in [-0.05, 0) is 43.2 Å². The number of hydrogen-bond acceptors (Lipinski definition) is 3. The number of ether oxygens (including phenoxy) is 1. The highest BCUT2D eigenvalue weighted by atomic mass is 16.5. The Balaban J connectivity index is 1.88. The van der Waals surface area contributed by atoms with Gasteiger partial charge in [0.15, 0.2) is 0 Å². The number of aromatic carboxylic acids is 1. The summed E-state index contributed by atoms with van der Waals surface area (Å²) < 4.78 is 5.53. The van der Waals surface area contributed by atoms with Gasteiger partial charge in [0.2, 0.25) is 5.91 Å². The lowest BCUT2D eigenvalue weighted by Gasteiger charge is -2.10. The van der Waals surface area contributed by atoms with Gasteiger partial charge in [-0.3, -0.25) is 4.79 Å². The minimum atomic E-state index is -1.07. The fraction of sp³-hybridized carbons (Fsp3) is 0.263. The van der Waals surface area contributed by atoms with Crippen LogP contribution in [-0.4, -0.2) is 23.6 Å². The molecule has 0 radical (unpaired) electrons. The Labute approximate surface area is 141 Å². The minimum absolute atomic E-state index is 0.0828. The number of carboxylic acid groups (broad SMARTS) is 1. The maximum Gasteiger partial charge on any atom is 0.337 e. The van der Waals surface area contributed by atoms with Crippen LogP contribution in [0.5, 0.6) is 5.75 Å². The van der Waals surface area contributed by atoms with Gasteiger partial charge < -0.3 is 15.2 Å². The molecule has 0 aliphatic rings. The second-order valence-electron chi connectivity index (χ2n) is 5.50. The normalized spacial score (nSPS) is 10.2. The number of amides is 1. The summed E-state index contributed by atoms with van der Waals surface area (Å²) in [5.74, 6) is -0.644. The fourth-order valence-electron chi connectivity index (χ4n) is 2.24. The van der Waals surface area contributed by atoms with Crippen LogP contribution in [0.15, 0.2) is 42.5 Å². The van der Waals surface area contributed by atoms with Crippen molar-refractivity contribution >= 4 is 17.6 Å². The number of carbonyl (C=O) groups excluding carboxylic acids is 1. The molecule has 2 aromatic carbocycles. The first-order valence-electron chi connectivity index (χ1n) is 7.85. The van der Waals surface area contributed by atoms with Crippen molar-refractivity contribution in [3.05, 3.63) is 59.2 Å². The summed E-state index contributed by atoms with van der Waals surface area (Å²) >= 11 is 0. The largest absolute Gasteiger partial charge is 0.493 e. The lowest BCUT2D eigenvalue weighted by molar-refractivity contribution is -0.116. The van der Waals surface area contributed by atoms with Crippen LogP contribution in [0.25, 0.3) is 0 Å². The summed E-state index contributed by atoms with van der Waals surface area (Å²) in [6.07, 6.45) is 1.10. The van der Waals surface area contributed by atoms with Crippen molar-refractivity contribution in [2.24, 2.45) is 0 Å². The Hall–Kier alpha value is -2.82. The molecule has 2 aromatic rings. The van der Waals surface area contributed by atoms with E-state index in [4.69, 9.17) is 4.74 Å². The number of aryl methyl sites for hydroxylation is 2. The molecule has 0 spiro atoms. The van der Waals surface area contributed by atoms with Crippen molar-refractivity contribution in [2.45, 2.75) is 26.7 Å². The standard InChI is InChI=1S/C19H21NO4/c1-3-14-5-7-15(8-6-14)24-11-10-18(21)20-17-9-4-13(2)12-16(17)19(22)23/h4-9,12H,3,10-11H2,1-2H3,(H,20,21)(H,22,23). The van der Waals surface area contributed by atoms with Gasteiger partial charge in [0.05, 0.1) is 24.3 Å². The highest BCUT2D eigenvalue weighted by Crippen LogP contribution is 2.18. The summed E-state index contributed by atoms with van der Waals surface area (Å²) in [6, 6.07) is 12.6. The third-order valence-corrected chi connectivity index (χ3v) is 3.61. The molecule has 0 aliphatic carbocycles. The predicted octanol–water partition coefficient (Wildman–Crippen LogP) is 3.66. The fourth-order valence-corrected chi connectivity index (χ4v) is 2.24. The molecule has 5 heteroatoms. The number of rotatable bonds is 7. The van der Waals surface area contributed by atoms with Crippen LogP contribution in [-0.2, 0) is 11.2 Å². The molecule has 126 valence electrons. The number of carbonyl (C=O) groups is 2. The lowest BCUT2D eigenvalue weighted by Crippen LogP contribution is -2.17. The van der Waals surface area contributed by atoms with Crippen LogP contribution >= 0.6 is 0 Å². The molecule has 2 rings (SSSR count). The van der Waals surface area contributed by atoms with Crippen molar-refractivity contribution in [2.75, 3.05) is 11.9 Å². The van der Waals surface area contributed by atoms with Crippen molar-refractivity contribution in [1.29, 1.82) is 0 Å². The smallest absolute Gasteiger partial charge is 0.337 e. The molecular weight excluding hydrogens is 306 g/mol. The number of hydrogen-bond donors (Lipinski definition) is 2. The Morgan fingerprint density at radius 3 is 2.46 bits per heavy atom. The highest BCUT2D eigenvalue weighted by molar-refractivity contribution is 6.00. The third-order valence-electron chi connectivity index (χ3n) is 3.61. The molecule has 0 aromatic heterocycles. The van der Waals surface area contributed by atoms with E-state index >= 15 is 0 Å². The molecular formula is C19H21NO4. The van der Waals surface area contributed by atoms with Gasteiger partial charge in [0.25, 0.3) is 0 Å². The van der Waals surface area contributed by atoms with Gasteiger partial charge in [-0.25, -0.2) is 4.79 Å².